The monoisotopic (exact) mass is 266 g/mol. The standard InChI is InChI=1S/C11H14N4O4/c16-3-6-10(18)7(17)2-15(6)5-1-12-9-8(5)13-4-14-11(9)19/h1,4,6-7,10,12,16-18H,2-3H2,(H,13,14,19)/t6-,7?,10+/m1/s1. The summed E-state index contributed by atoms with van der Waals surface area (Å²) in [5.41, 5.74) is 1.06. The van der Waals surface area contributed by atoms with E-state index in [4.69, 9.17) is 0 Å². The molecule has 1 unspecified atom stereocenters. The fourth-order valence-electron chi connectivity index (χ4n) is 2.52. The zero-order valence-electron chi connectivity index (χ0n) is 9.95. The second-order valence-corrected chi connectivity index (χ2v) is 4.59. The molecule has 1 saturated heterocycles. The number of nitrogens with one attached hydrogen (secondary N) is 2. The van der Waals surface area contributed by atoms with Crippen LogP contribution in [0.5, 0.6) is 0 Å². The predicted molar refractivity (Wildman–Crippen MR) is 66.9 cm³/mol. The molecule has 0 bridgehead atoms. The molecule has 0 aliphatic carbocycles. The Balaban J connectivity index is 2.10. The van der Waals surface area contributed by atoms with Gasteiger partial charge in [0.2, 0.25) is 0 Å². The van der Waals surface area contributed by atoms with E-state index in [1.807, 2.05) is 0 Å². The van der Waals surface area contributed by atoms with Gasteiger partial charge in [0.15, 0.2) is 0 Å². The summed E-state index contributed by atoms with van der Waals surface area (Å²) in [6, 6.07) is -0.616. The van der Waals surface area contributed by atoms with E-state index in [2.05, 4.69) is 15.0 Å². The van der Waals surface area contributed by atoms with Crippen molar-refractivity contribution in [1.82, 2.24) is 15.0 Å². The largest absolute Gasteiger partial charge is 0.394 e. The van der Waals surface area contributed by atoms with Gasteiger partial charge in [-0.25, -0.2) is 4.98 Å². The maximum absolute atomic E-state index is 11.6. The summed E-state index contributed by atoms with van der Waals surface area (Å²) in [6.45, 7) is -0.123. The number of H-pyrrole nitrogens is 2. The molecule has 0 spiro atoms. The first-order chi connectivity index (χ1) is 9.13. The minimum Gasteiger partial charge on any atom is -0.394 e. The second kappa shape index (κ2) is 4.34. The van der Waals surface area contributed by atoms with E-state index in [0.29, 0.717) is 16.7 Å². The van der Waals surface area contributed by atoms with E-state index < -0.39 is 18.2 Å². The lowest BCUT2D eigenvalue weighted by molar-refractivity contribution is 0.0305. The SMILES string of the molecule is O=c1[nH]cnc2c(N3CC(O)[C@@H](O)[C@H]3CO)c[nH]c12. The van der Waals surface area contributed by atoms with Gasteiger partial charge >= 0.3 is 0 Å². The fourth-order valence-corrected chi connectivity index (χ4v) is 2.52. The molecule has 8 heteroatoms. The van der Waals surface area contributed by atoms with Gasteiger partial charge in [0, 0.05) is 12.7 Å². The van der Waals surface area contributed by atoms with Gasteiger partial charge in [-0.15, -0.1) is 0 Å². The molecule has 8 nitrogen and oxygen atoms in total. The van der Waals surface area contributed by atoms with Crippen molar-refractivity contribution in [3.05, 3.63) is 22.9 Å². The molecule has 3 heterocycles. The number of anilines is 1. The molecule has 19 heavy (non-hydrogen) atoms. The number of aliphatic hydroxyl groups is 3. The van der Waals surface area contributed by atoms with Crippen LogP contribution in [-0.4, -0.2) is 61.7 Å². The van der Waals surface area contributed by atoms with Crippen LogP contribution in [0, 0.1) is 0 Å². The normalized spacial score (nSPS) is 27.3. The predicted octanol–water partition coefficient (Wildman–Crippen LogP) is -1.85. The molecule has 0 amide bonds. The van der Waals surface area contributed by atoms with E-state index >= 15 is 0 Å². The number of rotatable bonds is 2. The van der Waals surface area contributed by atoms with E-state index in [1.54, 1.807) is 11.1 Å². The molecule has 102 valence electrons. The highest BCUT2D eigenvalue weighted by atomic mass is 16.3. The van der Waals surface area contributed by atoms with Crippen molar-refractivity contribution >= 4 is 16.7 Å². The lowest BCUT2D eigenvalue weighted by atomic mass is 10.1. The van der Waals surface area contributed by atoms with Crippen LogP contribution in [0.15, 0.2) is 17.3 Å². The van der Waals surface area contributed by atoms with Gasteiger partial charge in [-0.2, -0.15) is 0 Å². The number of hydrogen-bond acceptors (Lipinski definition) is 6. The third-order valence-corrected chi connectivity index (χ3v) is 3.52. The first kappa shape index (κ1) is 12.2. The van der Waals surface area contributed by atoms with E-state index in [9.17, 15) is 20.1 Å². The first-order valence-electron chi connectivity index (χ1n) is 5.92. The van der Waals surface area contributed by atoms with Crippen LogP contribution in [0.2, 0.25) is 0 Å². The first-order valence-corrected chi connectivity index (χ1v) is 5.92. The summed E-state index contributed by atoms with van der Waals surface area (Å²) in [5, 5.41) is 28.8. The number of aromatic nitrogens is 3. The maximum Gasteiger partial charge on any atom is 0.275 e. The quantitative estimate of drug-likeness (QED) is 0.434. The molecular formula is C11H14N4O4. The third kappa shape index (κ3) is 1.72. The van der Waals surface area contributed by atoms with Gasteiger partial charge in [-0.3, -0.25) is 4.79 Å². The third-order valence-electron chi connectivity index (χ3n) is 3.52. The zero-order valence-corrected chi connectivity index (χ0v) is 9.95. The van der Waals surface area contributed by atoms with Crippen LogP contribution < -0.4 is 10.5 Å². The van der Waals surface area contributed by atoms with E-state index in [-0.39, 0.29) is 18.7 Å². The molecule has 0 aromatic carbocycles. The molecule has 2 aromatic rings. The van der Waals surface area contributed by atoms with Crippen molar-refractivity contribution in [3.8, 4) is 0 Å². The van der Waals surface area contributed by atoms with Gasteiger partial charge in [-0.1, -0.05) is 0 Å². The summed E-state index contributed by atoms with van der Waals surface area (Å²) in [7, 11) is 0. The van der Waals surface area contributed by atoms with Crippen LogP contribution in [0.4, 0.5) is 5.69 Å². The van der Waals surface area contributed by atoms with Crippen LogP contribution in [0.1, 0.15) is 0 Å². The van der Waals surface area contributed by atoms with Gasteiger partial charge < -0.3 is 30.2 Å². The van der Waals surface area contributed by atoms with E-state index in [1.165, 1.54) is 6.33 Å². The molecule has 1 aliphatic rings. The lowest BCUT2D eigenvalue weighted by Gasteiger charge is -2.24. The van der Waals surface area contributed by atoms with Crippen molar-refractivity contribution in [3.63, 3.8) is 0 Å². The number of fused-ring (bicyclic) bond motifs is 1. The number of β-amino-alcohol motifs (C(OH)–C–C–N with tert-alkyl or cyclic N) is 1. The van der Waals surface area contributed by atoms with Crippen molar-refractivity contribution < 1.29 is 15.3 Å². The smallest absolute Gasteiger partial charge is 0.275 e. The number of aliphatic hydroxyl groups excluding tert-OH is 3. The number of hydrogen-bond donors (Lipinski definition) is 5. The second-order valence-electron chi connectivity index (χ2n) is 4.59. The van der Waals surface area contributed by atoms with Crippen LogP contribution >= 0.6 is 0 Å². The Kier molecular flexibility index (Phi) is 2.77. The van der Waals surface area contributed by atoms with Gasteiger partial charge in [0.25, 0.3) is 5.56 Å². The summed E-state index contributed by atoms with van der Waals surface area (Å²) in [6.07, 6.45) is 0.903. The zero-order chi connectivity index (χ0) is 13.6. The van der Waals surface area contributed by atoms with Crippen LogP contribution in [0.3, 0.4) is 0 Å². The molecule has 0 radical (unpaired) electrons. The van der Waals surface area contributed by atoms with Crippen molar-refractivity contribution in [2.24, 2.45) is 0 Å². The van der Waals surface area contributed by atoms with Crippen molar-refractivity contribution in [2.45, 2.75) is 18.2 Å². The maximum atomic E-state index is 11.6. The Bertz CT molecular complexity index is 651. The molecule has 1 aliphatic heterocycles. The highest BCUT2D eigenvalue weighted by molar-refractivity contribution is 5.88. The molecule has 0 saturated carbocycles. The van der Waals surface area contributed by atoms with Crippen molar-refractivity contribution in [1.29, 1.82) is 0 Å². The van der Waals surface area contributed by atoms with Crippen LogP contribution in [0.25, 0.3) is 11.0 Å². The highest BCUT2D eigenvalue weighted by Crippen LogP contribution is 2.30. The summed E-state index contributed by atoms with van der Waals surface area (Å²) in [5.74, 6) is 0. The lowest BCUT2D eigenvalue weighted by Crippen LogP contribution is -2.39. The summed E-state index contributed by atoms with van der Waals surface area (Å²) >= 11 is 0. The van der Waals surface area contributed by atoms with Gasteiger partial charge in [0.05, 0.1) is 30.8 Å². The van der Waals surface area contributed by atoms with Gasteiger partial charge in [-0.05, 0) is 0 Å². The van der Waals surface area contributed by atoms with Gasteiger partial charge in [0.1, 0.15) is 17.1 Å². The van der Waals surface area contributed by atoms with Crippen LogP contribution in [-0.2, 0) is 0 Å². The Morgan fingerprint density at radius 2 is 2.21 bits per heavy atom. The Labute approximate surface area is 107 Å². The number of nitrogens with zero attached hydrogens (tertiary/aromatic N) is 2. The molecule has 2 aromatic heterocycles. The number of aromatic amines is 2. The highest BCUT2D eigenvalue weighted by Gasteiger charge is 2.40. The minimum atomic E-state index is -1.03. The van der Waals surface area contributed by atoms with Crippen molar-refractivity contribution in [2.75, 3.05) is 18.1 Å². The topological polar surface area (TPSA) is 125 Å². The average molecular weight is 266 g/mol. The molecule has 3 rings (SSSR count). The van der Waals surface area contributed by atoms with E-state index in [0.717, 1.165) is 0 Å². The molecular weight excluding hydrogens is 252 g/mol. The average Bonchev–Trinajstić information content (AvgIpc) is 2.93. The molecule has 5 N–H and O–H groups in total. The fraction of sp³-hybridized carbons (Fsp3) is 0.455. The Hall–Kier alpha value is -1.90. The Morgan fingerprint density at radius 3 is 2.95 bits per heavy atom. The summed E-state index contributed by atoms with van der Waals surface area (Å²) < 4.78 is 0. The summed E-state index contributed by atoms with van der Waals surface area (Å²) in [4.78, 5) is 22.6. The Morgan fingerprint density at radius 1 is 1.42 bits per heavy atom. The minimum absolute atomic E-state index is 0.174. The molecule has 3 atom stereocenters. The molecule has 1 fully saturated rings.